The molecule has 1 aromatic rings. The monoisotopic (exact) mass is 369 g/mol. The molecule has 0 bridgehead atoms. The van der Waals surface area contributed by atoms with Gasteiger partial charge in [0.1, 0.15) is 0 Å². The molecule has 2 atom stereocenters. The van der Waals surface area contributed by atoms with Crippen molar-refractivity contribution < 1.29 is 9.53 Å². The van der Waals surface area contributed by atoms with E-state index in [9.17, 15) is 4.79 Å². The molecule has 0 spiro atoms. The Hall–Kier alpha value is -1.11. The molecule has 0 saturated carbocycles. The molecule has 2 aliphatic heterocycles. The van der Waals surface area contributed by atoms with E-state index in [4.69, 9.17) is 16.3 Å². The zero-order valence-electron chi connectivity index (χ0n) is 14.1. The Morgan fingerprint density at radius 2 is 2.04 bits per heavy atom. The second kappa shape index (κ2) is 7.85. The second-order valence-electron chi connectivity index (χ2n) is 6.18. The molecular formula is C17H24ClN3O2S. The van der Waals surface area contributed by atoms with E-state index >= 15 is 0 Å². The zero-order valence-corrected chi connectivity index (χ0v) is 15.7. The predicted molar refractivity (Wildman–Crippen MR) is 102 cm³/mol. The molecule has 132 valence electrons. The fraction of sp³-hybridized carbons (Fsp3) is 0.588. The van der Waals surface area contributed by atoms with Gasteiger partial charge in [0, 0.05) is 36.7 Å². The number of morpholine rings is 1. The summed E-state index contributed by atoms with van der Waals surface area (Å²) in [6.07, 6.45) is 0. The quantitative estimate of drug-likeness (QED) is 0.866. The van der Waals surface area contributed by atoms with Crippen molar-refractivity contribution in [2.45, 2.75) is 25.1 Å². The normalized spacial score (nSPS) is 24.8. The Morgan fingerprint density at radius 1 is 1.29 bits per heavy atom. The zero-order chi connectivity index (χ0) is 17.1. The number of thioether (sulfide) groups is 1. The third-order valence-electron chi connectivity index (χ3n) is 4.70. The molecule has 2 heterocycles. The minimum Gasteiger partial charge on any atom is -0.378 e. The highest BCUT2D eigenvalue weighted by molar-refractivity contribution is 8.00. The Labute approximate surface area is 152 Å². The number of hydrogen-bond acceptors (Lipinski definition) is 4. The second-order valence-corrected chi connectivity index (χ2v) is 8.07. The summed E-state index contributed by atoms with van der Waals surface area (Å²) in [5, 5.41) is 4.18. The first-order valence-corrected chi connectivity index (χ1v) is 9.81. The van der Waals surface area contributed by atoms with Crippen molar-refractivity contribution in [3.05, 3.63) is 23.2 Å². The lowest BCUT2D eigenvalue weighted by Gasteiger charge is -2.38. The highest BCUT2D eigenvalue weighted by Gasteiger charge is 2.29. The first kappa shape index (κ1) is 17.7. The van der Waals surface area contributed by atoms with E-state index in [0.717, 1.165) is 36.8 Å². The molecule has 7 heteroatoms. The molecule has 2 fully saturated rings. The molecule has 0 aromatic heterocycles. The van der Waals surface area contributed by atoms with Crippen LogP contribution in [-0.2, 0) is 4.74 Å². The molecule has 5 nitrogen and oxygen atoms in total. The molecule has 24 heavy (non-hydrogen) atoms. The summed E-state index contributed by atoms with van der Waals surface area (Å²) in [7, 11) is 0. The maximum atomic E-state index is 12.8. The number of amides is 2. The van der Waals surface area contributed by atoms with Crippen LogP contribution in [0.1, 0.15) is 13.8 Å². The summed E-state index contributed by atoms with van der Waals surface area (Å²) in [5.41, 5.74) is 1.66. The van der Waals surface area contributed by atoms with Crippen LogP contribution in [-0.4, -0.2) is 60.8 Å². The van der Waals surface area contributed by atoms with Crippen LogP contribution in [0.25, 0.3) is 0 Å². The van der Waals surface area contributed by atoms with Crippen molar-refractivity contribution >= 4 is 40.8 Å². The van der Waals surface area contributed by atoms with E-state index in [0.29, 0.717) is 23.5 Å². The van der Waals surface area contributed by atoms with E-state index in [1.807, 2.05) is 34.9 Å². The summed E-state index contributed by atoms with van der Waals surface area (Å²) in [6, 6.07) is 5.83. The van der Waals surface area contributed by atoms with Gasteiger partial charge in [0.15, 0.2) is 0 Å². The van der Waals surface area contributed by atoms with E-state index in [1.165, 1.54) is 0 Å². The van der Waals surface area contributed by atoms with E-state index in [-0.39, 0.29) is 12.1 Å². The van der Waals surface area contributed by atoms with Crippen LogP contribution in [0, 0.1) is 0 Å². The van der Waals surface area contributed by atoms with Crippen molar-refractivity contribution in [2.75, 3.05) is 48.8 Å². The van der Waals surface area contributed by atoms with Gasteiger partial charge in [-0.15, -0.1) is 0 Å². The Bertz CT molecular complexity index is 595. The van der Waals surface area contributed by atoms with Crippen LogP contribution in [0.5, 0.6) is 0 Å². The fourth-order valence-corrected chi connectivity index (χ4v) is 4.52. The molecule has 0 aliphatic carbocycles. The molecule has 3 rings (SSSR count). The average Bonchev–Trinajstić information content (AvgIpc) is 2.58. The predicted octanol–water partition coefficient (Wildman–Crippen LogP) is 3.53. The van der Waals surface area contributed by atoms with Gasteiger partial charge < -0.3 is 19.9 Å². The number of nitrogens with zero attached hydrogens (tertiary/aromatic N) is 2. The third-order valence-corrected chi connectivity index (χ3v) is 6.34. The van der Waals surface area contributed by atoms with Gasteiger partial charge in [0.25, 0.3) is 0 Å². The number of carbonyl (C=O) groups is 1. The largest absolute Gasteiger partial charge is 0.378 e. The lowest BCUT2D eigenvalue weighted by atomic mass is 10.2. The molecular weight excluding hydrogens is 346 g/mol. The molecule has 2 amide bonds. The van der Waals surface area contributed by atoms with Crippen LogP contribution in [0.15, 0.2) is 18.2 Å². The first-order valence-electron chi connectivity index (χ1n) is 8.38. The molecule has 1 N–H and O–H groups in total. The number of urea groups is 1. The van der Waals surface area contributed by atoms with E-state index in [2.05, 4.69) is 24.1 Å². The van der Waals surface area contributed by atoms with Crippen LogP contribution >= 0.6 is 23.4 Å². The maximum Gasteiger partial charge on any atom is 0.322 e. The number of para-hydroxylation sites is 1. The third kappa shape index (κ3) is 3.76. The first-order chi connectivity index (χ1) is 11.6. The summed E-state index contributed by atoms with van der Waals surface area (Å²) >= 11 is 8.35. The minimum atomic E-state index is -0.0496. The fourth-order valence-electron chi connectivity index (χ4n) is 3.13. The summed E-state index contributed by atoms with van der Waals surface area (Å²) < 4.78 is 5.42. The molecule has 1 aromatic carbocycles. The minimum absolute atomic E-state index is 0.0496. The Morgan fingerprint density at radius 3 is 2.79 bits per heavy atom. The van der Waals surface area contributed by atoms with E-state index < -0.39 is 0 Å². The van der Waals surface area contributed by atoms with Crippen molar-refractivity contribution in [3.63, 3.8) is 0 Å². The SMILES string of the molecule is C[C@@H]1SCCN(C(=O)Nc2cccc(Cl)c2N2CCOCC2)[C@@H]1C. The highest BCUT2D eigenvalue weighted by atomic mass is 35.5. The number of benzene rings is 1. The van der Waals surface area contributed by atoms with Gasteiger partial charge in [-0.3, -0.25) is 0 Å². The van der Waals surface area contributed by atoms with Crippen LogP contribution in [0.3, 0.4) is 0 Å². The number of ether oxygens (including phenoxy) is 1. The van der Waals surface area contributed by atoms with Gasteiger partial charge in [-0.25, -0.2) is 4.79 Å². The molecule has 0 radical (unpaired) electrons. The smallest absolute Gasteiger partial charge is 0.322 e. The highest BCUT2D eigenvalue weighted by Crippen LogP contribution is 2.35. The van der Waals surface area contributed by atoms with Gasteiger partial charge >= 0.3 is 6.03 Å². The van der Waals surface area contributed by atoms with Crippen molar-refractivity contribution in [3.8, 4) is 0 Å². The topological polar surface area (TPSA) is 44.8 Å². The van der Waals surface area contributed by atoms with Gasteiger partial charge in [0.05, 0.1) is 29.6 Å². The van der Waals surface area contributed by atoms with Gasteiger partial charge in [-0.05, 0) is 19.1 Å². The number of anilines is 2. The van der Waals surface area contributed by atoms with Crippen molar-refractivity contribution in [1.82, 2.24) is 4.90 Å². The molecule has 2 aliphatic rings. The van der Waals surface area contributed by atoms with Crippen LogP contribution in [0.4, 0.5) is 16.2 Å². The number of nitrogens with one attached hydrogen (secondary N) is 1. The van der Waals surface area contributed by atoms with Gasteiger partial charge in [-0.2, -0.15) is 11.8 Å². The summed E-state index contributed by atoms with van der Waals surface area (Å²) in [6.45, 7) is 7.97. The van der Waals surface area contributed by atoms with Crippen molar-refractivity contribution in [1.29, 1.82) is 0 Å². The van der Waals surface area contributed by atoms with Crippen molar-refractivity contribution in [2.24, 2.45) is 0 Å². The summed E-state index contributed by atoms with van der Waals surface area (Å²) in [5.74, 6) is 0.977. The maximum absolute atomic E-state index is 12.8. The lowest BCUT2D eigenvalue weighted by Crippen LogP contribution is -2.49. The number of carbonyl (C=O) groups excluding carboxylic acids is 1. The number of hydrogen-bond donors (Lipinski definition) is 1. The standard InChI is InChI=1S/C17H24ClN3O2S/c1-12-13(2)24-11-8-21(12)17(22)19-15-5-3-4-14(18)16(15)20-6-9-23-10-7-20/h3-5,12-13H,6-11H2,1-2H3,(H,19,22)/t12-,13+/m1/s1. The number of rotatable bonds is 2. The Kier molecular flexibility index (Phi) is 5.79. The molecule has 2 saturated heterocycles. The van der Waals surface area contributed by atoms with Gasteiger partial charge in [-0.1, -0.05) is 24.6 Å². The van der Waals surface area contributed by atoms with E-state index in [1.54, 1.807) is 0 Å². The molecule has 0 unspecified atom stereocenters. The van der Waals surface area contributed by atoms with Crippen LogP contribution < -0.4 is 10.2 Å². The lowest BCUT2D eigenvalue weighted by molar-refractivity contribution is 0.123. The summed E-state index contributed by atoms with van der Waals surface area (Å²) in [4.78, 5) is 16.9. The number of halogens is 1. The average molecular weight is 370 g/mol. The van der Waals surface area contributed by atoms with Crippen LogP contribution in [0.2, 0.25) is 5.02 Å². The Balaban J connectivity index is 1.79. The van der Waals surface area contributed by atoms with Gasteiger partial charge in [0.2, 0.25) is 0 Å².